The largest absolute Gasteiger partial charge is 0.463 e. The molecule has 104 valence electrons. The first-order valence-corrected chi connectivity index (χ1v) is 6.63. The van der Waals surface area contributed by atoms with Gasteiger partial charge in [-0.2, -0.15) is 0 Å². The summed E-state index contributed by atoms with van der Waals surface area (Å²) in [5, 5.41) is 0. The van der Waals surface area contributed by atoms with Crippen molar-refractivity contribution < 1.29 is 9.53 Å². The maximum absolute atomic E-state index is 11.6. The third kappa shape index (κ3) is 5.89. The topological polar surface area (TPSA) is 52.3 Å². The molecule has 0 spiro atoms. The molecule has 3 heteroatoms. The van der Waals surface area contributed by atoms with Gasteiger partial charge in [-0.3, -0.25) is 0 Å². The molecule has 3 nitrogen and oxygen atoms in total. The van der Waals surface area contributed by atoms with Gasteiger partial charge in [-0.25, -0.2) is 4.79 Å². The number of ether oxygens (including phenoxy) is 1. The zero-order valence-electron chi connectivity index (χ0n) is 12.5. The standard InChI is InChI=1S/C15H27NO2/c1-7-18-15(17)12(6)9-13(11(4)5)14(16)8-10(2)3/h9-11H,7-8,16H2,1-6H3/b12-9+,14-13-. The van der Waals surface area contributed by atoms with Gasteiger partial charge in [0.05, 0.1) is 6.61 Å². The number of rotatable bonds is 6. The van der Waals surface area contributed by atoms with Gasteiger partial charge in [-0.15, -0.1) is 0 Å². The van der Waals surface area contributed by atoms with E-state index in [1.165, 1.54) is 0 Å². The van der Waals surface area contributed by atoms with Crippen LogP contribution < -0.4 is 5.73 Å². The second-order valence-corrected chi connectivity index (χ2v) is 5.28. The molecule has 0 aliphatic rings. The summed E-state index contributed by atoms with van der Waals surface area (Å²) in [6, 6.07) is 0. The Balaban J connectivity index is 5.14. The molecule has 0 bridgehead atoms. The van der Waals surface area contributed by atoms with E-state index in [2.05, 4.69) is 27.7 Å². The average molecular weight is 253 g/mol. The van der Waals surface area contributed by atoms with Gasteiger partial charge in [0.1, 0.15) is 0 Å². The number of allylic oxidation sites excluding steroid dienone is 3. The van der Waals surface area contributed by atoms with Gasteiger partial charge in [0.15, 0.2) is 0 Å². The number of carbonyl (C=O) groups is 1. The van der Waals surface area contributed by atoms with Crippen molar-refractivity contribution in [2.45, 2.75) is 48.0 Å². The van der Waals surface area contributed by atoms with Crippen LogP contribution in [0, 0.1) is 11.8 Å². The Kier molecular flexibility index (Phi) is 7.41. The van der Waals surface area contributed by atoms with Crippen LogP contribution in [0.15, 0.2) is 22.9 Å². The molecule has 0 aromatic rings. The van der Waals surface area contributed by atoms with Gasteiger partial charge in [0.25, 0.3) is 0 Å². The molecule has 0 unspecified atom stereocenters. The van der Waals surface area contributed by atoms with Crippen LogP contribution in [-0.2, 0) is 9.53 Å². The lowest BCUT2D eigenvalue weighted by molar-refractivity contribution is -0.138. The third-order valence-corrected chi connectivity index (χ3v) is 2.59. The molecule has 18 heavy (non-hydrogen) atoms. The fraction of sp³-hybridized carbons (Fsp3) is 0.667. The van der Waals surface area contributed by atoms with Crippen LogP contribution in [-0.4, -0.2) is 12.6 Å². The molecule has 0 saturated carbocycles. The molecule has 0 saturated heterocycles. The fourth-order valence-electron chi connectivity index (χ4n) is 1.72. The summed E-state index contributed by atoms with van der Waals surface area (Å²) >= 11 is 0. The Morgan fingerprint density at radius 1 is 1.28 bits per heavy atom. The van der Waals surface area contributed by atoms with Gasteiger partial charge >= 0.3 is 5.97 Å². The summed E-state index contributed by atoms with van der Waals surface area (Å²) in [5.74, 6) is 0.538. The summed E-state index contributed by atoms with van der Waals surface area (Å²) in [6.45, 7) is 12.4. The predicted molar refractivity (Wildman–Crippen MR) is 75.9 cm³/mol. The highest BCUT2D eigenvalue weighted by Gasteiger charge is 2.11. The maximum Gasteiger partial charge on any atom is 0.333 e. The second kappa shape index (κ2) is 7.96. The molecule has 0 fully saturated rings. The molecular formula is C15H27NO2. The van der Waals surface area contributed by atoms with Crippen molar-refractivity contribution in [1.29, 1.82) is 0 Å². The molecule has 0 aromatic carbocycles. The molecule has 0 aliphatic heterocycles. The Morgan fingerprint density at radius 3 is 2.22 bits per heavy atom. The van der Waals surface area contributed by atoms with E-state index in [4.69, 9.17) is 10.5 Å². The van der Waals surface area contributed by atoms with Crippen molar-refractivity contribution in [3.63, 3.8) is 0 Å². The quantitative estimate of drug-likeness (QED) is 0.448. The Bertz CT molecular complexity index is 338. The molecule has 0 radical (unpaired) electrons. The normalized spacial score (nSPS) is 13.9. The third-order valence-electron chi connectivity index (χ3n) is 2.59. The monoisotopic (exact) mass is 253 g/mol. The van der Waals surface area contributed by atoms with Gasteiger partial charge in [0.2, 0.25) is 0 Å². The minimum absolute atomic E-state index is 0.270. The molecule has 0 atom stereocenters. The summed E-state index contributed by atoms with van der Waals surface area (Å²) in [5.41, 5.74) is 8.63. The Labute approximate surface area is 111 Å². The van der Waals surface area contributed by atoms with E-state index < -0.39 is 0 Å². The summed E-state index contributed by atoms with van der Waals surface area (Å²) in [7, 11) is 0. The molecule has 0 aromatic heterocycles. The SMILES string of the molecule is CCOC(=O)/C(C)=C/C(=C(/N)CC(C)C)C(C)C. The summed E-state index contributed by atoms with van der Waals surface area (Å²) in [6.07, 6.45) is 2.71. The molecule has 0 aliphatic carbocycles. The second-order valence-electron chi connectivity index (χ2n) is 5.28. The van der Waals surface area contributed by atoms with E-state index in [1.54, 1.807) is 13.8 Å². The van der Waals surface area contributed by atoms with E-state index in [0.717, 1.165) is 17.7 Å². The zero-order chi connectivity index (χ0) is 14.3. The Hall–Kier alpha value is -1.25. The van der Waals surface area contributed by atoms with Crippen LogP contribution in [0.5, 0.6) is 0 Å². The number of hydrogen-bond donors (Lipinski definition) is 1. The minimum Gasteiger partial charge on any atom is -0.463 e. The first kappa shape index (κ1) is 16.8. The van der Waals surface area contributed by atoms with Crippen molar-refractivity contribution in [3.8, 4) is 0 Å². The highest BCUT2D eigenvalue weighted by atomic mass is 16.5. The molecular weight excluding hydrogens is 226 g/mol. The lowest BCUT2D eigenvalue weighted by atomic mass is 9.95. The molecule has 2 N–H and O–H groups in total. The highest BCUT2D eigenvalue weighted by molar-refractivity contribution is 5.88. The molecule has 0 rings (SSSR count). The van der Waals surface area contributed by atoms with Gasteiger partial charge in [-0.1, -0.05) is 27.7 Å². The van der Waals surface area contributed by atoms with Crippen molar-refractivity contribution in [2.75, 3.05) is 6.61 Å². The predicted octanol–water partition coefficient (Wildman–Crippen LogP) is 3.41. The van der Waals surface area contributed by atoms with Crippen molar-refractivity contribution in [2.24, 2.45) is 17.6 Å². The minimum atomic E-state index is -0.270. The molecule has 0 amide bonds. The number of hydrogen-bond acceptors (Lipinski definition) is 3. The van der Waals surface area contributed by atoms with E-state index in [-0.39, 0.29) is 5.97 Å². The summed E-state index contributed by atoms with van der Waals surface area (Å²) < 4.78 is 4.97. The van der Waals surface area contributed by atoms with Crippen LogP contribution in [0.3, 0.4) is 0 Å². The van der Waals surface area contributed by atoms with Gasteiger partial charge < -0.3 is 10.5 Å². The smallest absolute Gasteiger partial charge is 0.333 e. The average Bonchev–Trinajstić information content (AvgIpc) is 2.24. The van der Waals surface area contributed by atoms with E-state index in [0.29, 0.717) is 24.0 Å². The van der Waals surface area contributed by atoms with Crippen LogP contribution in [0.4, 0.5) is 0 Å². The van der Waals surface area contributed by atoms with Crippen LogP contribution >= 0.6 is 0 Å². The van der Waals surface area contributed by atoms with Crippen molar-refractivity contribution in [3.05, 3.63) is 22.9 Å². The highest BCUT2D eigenvalue weighted by Crippen LogP contribution is 2.20. The van der Waals surface area contributed by atoms with E-state index in [1.807, 2.05) is 6.08 Å². The number of carbonyl (C=O) groups excluding carboxylic acids is 1. The van der Waals surface area contributed by atoms with Crippen molar-refractivity contribution >= 4 is 5.97 Å². The maximum atomic E-state index is 11.6. The first-order valence-electron chi connectivity index (χ1n) is 6.63. The van der Waals surface area contributed by atoms with Crippen molar-refractivity contribution in [1.82, 2.24) is 0 Å². The zero-order valence-corrected chi connectivity index (χ0v) is 12.5. The Morgan fingerprint density at radius 2 is 1.83 bits per heavy atom. The first-order chi connectivity index (χ1) is 8.29. The van der Waals surface area contributed by atoms with Crippen LogP contribution in [0.25, 0.3) is 0 Å². The van der Waals surface area contributed by atoms with Gasteiger partial charge in [0, 0.05) is 11.3 Å². The lowest BCUT2D eigenvalue weighted by Crippen LogP contribution is -2.11. The summed E-state index contributed by atoms with van der Waals surface area (Å²) in [4.78, 5) is 11.6. The van der Waals surface area contributed by atoms with E-state index >= 15 is 0 Å². The van der Waals surface area contributed by atoms with Gasteiger partial charge in [-0.05, 0) is 43.8 Å². The van der Waals surface area contributed by atoms with Crippen LogP contribution in [0.2, 0.25) is 0 Å². The number of esters is 1. The number of nitrogens with two attached hydrogens (primary N) is 1. The molecule has 0 heterocycles. The fourth-order valence-corrected chi connectivity index (χ4v) is 1.72. The van der Waals surface area contributed by atoms with Crippen LogP contribution in [0.1, 0.15) is 48.0 Å². The lowest BCUT2D eigenvalue weighted by Gasteiger charge is -2.15. The van der Waals surface area contributed by atoms with E-state index in [9.17, 15) is 4.79 Å².